The first-order valence-electron chi connectivity index (χ1n) is 7.83. The summed E-state index contributed by atoms with van der Waals surface area (Å²) >= 11 is 8.56. The van der Waals surface area contributed by atoms with Crippen molar-refractivity contribution < 1.29 is 4.79 Å². The molecule has 0 atom stereocenters. The van der Waals surface area contributed by atoms with Crippen molar-refractivity contribution in [2.24, 2.45) is 0 Å². The smallest absolute Gasteiger partial charge is 0.234 e. The van der Waals surface area contributed by atoms with E-state index in [9.17, 15) is 4.79 Å². The molecular formula is C18H14ClN5OS2. The molecule has 0 saturated carbocycles. The van der Waals surface area contributed by atoms with Crippen molar-refractivity contribution in [3.05, 3.63) is 58.6 Å². The van der Waals surface area contributed by atoms with Crippen LogP contribution in [0.5, 0.6) is 0 Å². The Bertz CT molecular complexity index is 998. The van der Waals surface area contributed by atoms with Gasteiger partial charge in [-0.15, -0.1) is 10.2 Å². The summed E-state index contributed by atoms with van der Waals surface area (Å²) in [7, 11) is 0. The second-order valence-electron chi connectivity index (χ2n) is 5.50. The number of hydrogen-bond donors (Lipinski definition) is 2. The summed E-state index contributed by atoms with van der Waals surface area (Å²) in [6, 6.07) is 14.7. The zero-order valence-electron chi connectivity index (χ0n) is 14.2. The third kappa shape index (κ3) is 5.44. The lowest BCUT2D eigenvalue weighted by Crippen LogP contribution is -2.14. The molecule has 2 aromatic carbocycles. The Morgan fingerprint density at radius 1 is 1.26 bits per heavy atom. The van der Waals surface area contributed by atoms with Crippen LogP contribution in [-0.4, -0.2) is 21.9 Å². The lowest BCUT2D eigenvalue weighted by Gasteiger charge is -2.06. The monoisotopic (exact) mass is 415 g/mol. The van der Waals surface area contributed by atoms with E-state index in [1.54, 1.807) is 18.2 Å². The van der Waals surface area contributed by atoms with Gasteiger partial charge in [0.15, 0.2) is 4.34 Å². The third-order valence-electron chi connectivity index (χ3n) is 3.41. The van der Waals surface area contributed by atoms with E-state index < -0.39 is 0 Å². The van der Waals surface area contributed by atoms with Gasteiger partial charge in [-0.2, -0.15) is 5.26 Å². The van der Waals surface area contributed by atoms with E-state index in [1.165, 1.54) is 28.7 Å². The predicted molar refractivity (Wildman–Crippen MR) is 110 cm³/mol. The lowest BCUT2D eigenvalue weighted by molar-refractivity contribution is -0.113. The molecule has 0 saturated heterocycles. The maximum atomic E-state index is 12.2. The Morgan fingerprint density at radius 3 is 2.78 bits per heavy atom. The Kier molecular flexibility index (Phi) is 6.29. The number of halogens is 1. The molecule has 0 spiro atoms. The van der Waals surface area contributed by atoms with Gasteiger partial charge in [0.05, 0.1) is 17.0 Å². The number of anilines is 3. The molecule has 27 heavy (non-hydrogen) atoms. The quantitative estimate of drug-likeness (QED) is 0.559. The first-order chi connectivity index (χ1) is 13.0. The minimum atomic E-state index is -0.248. The van der Waals surface area contributed by atoms with Gasteiger partial charge < -0.3 is 10.6 Å². The summed E-state index contributed by atoms with van der Waals surface area (Å²) in [5.41, 5.74) is 2.86. The van der Waals surface area contributed by atoms with Crippen LogP contribution < -0.4 is 10.6 Å². The van der Waals surface area contributed by atoms with E-state index >= 15 is 0 Å². The predicted octanol–water partition coefficient (Wildman–Crippen LogP) is 4.85. The number of rotatable bonds is 6. The van der Waals surface area contributed by atoms with E-state index in [0.717, 1.165) is 5.69 Å². The van der Waals surface area contributed by atoms with Crippen LogP contribution in [0.25, 0.3) is 0 Å². The number of benzene rings is 2. The molecule has 3 aromatic rings. The zero-order chi connectivity index (χ0) is 19.2. The summed E-state index contributed by atoms with van der Waals surface area (Å²) in [6.45, 7) is 2.03. The maximum Gasteiger partial charge on any atom is 0.234 e. The fourth-order valence-electron chi connectivity index (χ4n) is 2.11. The molecule has 0 bridgehead atoms. The summed E-state index contributed by atoms with van der Waals surface area (Å²) in [5, 5.41) is 24.2. The Labute approximate surface area is 169 Å². The topological polar surface area (TPSA) is 90.7 Å². The average molecular weight is 416 g/mol. The second kappa shape index (κ2) is 8.86. The second-order valence-corrected chi connectivity index (χ2v) is 8.14. The van der Waals surface area contributed by atoms with Gasteiger partial charge in [-0.1, -0.05) is 52.4 Å². The Morgan fingerprint density at radius 2 is 2.04 bits per heavy atom. The molecule has 1 aromatic heterocycles. The molecule has 9 heteroatoms. The molecular weight excluding hydrogens is 402 g/mol. The van der Waals surface area contributed by atoms with Crippen LogP contribution in [0.2, 0.25) is 5.02 Å². The molecule has 6 nitrogen and oxygen atoms in total. The van der Waals surface area contributed by atoms with E-state index in [1.807, 2.05) is 37.3 Å². The van der Waals surface area contributed by atoms with Crippen molar-refractivity contribution in [1.29, 1.82) is 5.26 Å². The van der Waals surface area contributed by atoms with Crippen molar-refractivity contribution >= 4 is 57.1 Å². The third-order valence-corrected chi connectivity index (χ3v) is 5.62. The van der Waals surface area contributed by atoms with E-state index in [2.05, 4.69) is 20.8 Å². The highest BCUT2D eigenvalue weighted by Crippen LogP contribution is 2.28. The molecule has 1 amide bonds. The zero-order valence-corrected chi connectivity index (χ0v) is 16.6. The molecule has 1 heterocycles. The number of nitriles is 1. The Hall–Kier alpha value is -2.60. The summed E-state index contributed by atoms with van der Waals surface area (Å²) in [4.78, 5) is 12.2. The van der Waals surface area contributed by atoms with E-state index in [-0.39, 0.29) is 11.7 Å². The highest BCUT2D eigenvalue weighted by molar-refractivity contribution is 8.01. The van der Waals surface area contributed by atoms with Crippen LogP contribution in [0.4, 0.5) is 16.5 Å². The van der Waals surface area contributed by atoms with Crippen molar-refractivity contribution in [3.8, 4) is 6.07 Å². The molecule has 0 aliphatic heterocycles. The van der Waals surface area contributed by atoms with Crippen LogP contribution in [0.15, 0.2) is 46.8 Å². The first kappa shape index (κ1) is 19.2. The van der Waals surface area contributed by atoms with Crippen molar-refractivity contribution in [3.63, 3.8) is 0 Å². The number of nitrogens with zero attached hydrogens (tertiary/aromatic N) is 3. The fourth-order valence-corrected chi connectivity index (χ4v) is 3.85. The molecule has 2 N–H and O–H groups in total. The number of aromatic nitrogens is 2. The van der Waals surface area contributed by atoms with Crippen LogP contribution in [-0.2, 0) is 4.79 Å². The molecule has 0 aliphatic carbocycles. The van der Waals surface area contributed by atoms with Gasteiger partial charge >= 0.3 is 0 Å². The number of nitrogens with one attached hydrogen (secondary N) is 2. The summed E-state index contributed by atoms with van der Waals surface area (Å²) < 4.78 is 0.673. The minimum Gasteiger partial charge on any atom is -0.330 e. The standard InChI is InChI=1S/C18H14ClN5OS2/c1-11-2-6-14(7-3-11)21-17-23-24-18(27-17)26-10-16(25)22-15-8-13(19)5-4-12(15)9-20/h2-8H,10H2,1H3,(H,21,23)(H,22,25). The van der Waals surface area contributed by atoms with Gasteiger partial charge in [0, 0.05) is 10.7 Å². The number of hydrogen-bond acceptors (Lipinski definition) is 7. The number of thioether (sulfide) groups is 1. The van der Waals surface area contributed by atoms with Gasteiger partial charge in [-0.3, -0.25) is 4.79 Å². The summed E-state index contributed by atoms with van der Waals surface area (Å²) in [6.07, 6.45) is 0. The van der Waals surface area contributed by atoms with Crippen LogP contribution >= 0.6 is 34.7 Å². The molecule has 0 radical (unpaired) electrons. The average Bonchev–Trinajstić information content (AvgIpc) is 3.10. The number of amides is 1. The van der Waals surface area contributed by atoms with E-state index in [4.69, 9.17) is 16.9 Å². The van der Waals surface area contributed by atoms with Gasteiger partial charge in [-0.05, 0) is 37.3 Å². The van der Waals surface area contributed by atoms with Gasteiger partial charge in [-0.25, -0.2) is 0 Å². The molecule has 3 rings (SSSR count). The van der Waals surface area contributed by atoms with Crippen LogP contribution in [0.3, 0.4) is 0 Å². The normalized spacial score (nSPS) is 10.3. The van der Waals surface area contributed by atoms with Crippen LogP contribution in [0.1, 0.15) is 11.1 Å². The fraction of sp³-hybridized carbons (Fsp3) is 0.111. The highest BCUT2D eigenvalue weighted by Gasteiger charge is 2.11. The van der Waals surface area contributed by atoms with Gasteiger partial charge in [0.2, 0.25) is 11.0 Å². The van der Waals surface area contributed by atoms with Crippen LogP contribution in [0, 0.1) is 18.3 Å². The molecule has 0 aliphatic rings. The SMILES string of the molecule is Cc1ccc(Nc2nnc(SCC(=O)Nc3cc(Cl)ccc3C#N)s2)cc1. The van der Waals surface area contributed by atoms with Crippen molar-refractivity contribution in [2.75, 3.05) is 16.4 Å². The Balaban J connectivity index is 1.55. The molecule has 136 valence electrons. The van der Waals surface area contributed by atoms with Crippen molar-refractivity contribution in [1.82, 2.24) is 10.2 Å². The minimum absolute atomic E-state index is 0.149. The van der Waals surface area contributed by atoms with Gasteiger partial charge in [0.25, 0.3) is 0 Å². The number of carbonyl (C=O) groups excluding carboxylic acids is 1. The van der Waals surface area contributed by atoms with E-state index in [0.29, 0.717) is 25.7 Å². The molecule has 0 unspecified atom stereocenters. The summed E-state index contributed by atoms with van der Waals surface area (Å²) in [5.74, 6) is -0.0988. The van der Waals surface area contributed by atoms with Crippen molar-refractivity contribution in [2.45, 2.75) is 11.3 Å². The largest absolute Gasteiger partial charge is 0.330 e. The maximum absolute atomic E-state index is 12.2. The van der Waals surface area contributed by atoms with Gasteiger partial charge in [0.1, 0.15) is 6.07 Å². The number of aryl methyl sites for hydroxylation is 1. The number of carbonyl (C=O) groups is 1. The first-order valence-corrected chi connectivity index (χ1v) is 10.0. The molecule has 0 fully saturated rings. The highest BCUT2D eigenvalue weighted by atomic mass is 35.5. The lowest BCUT2D eigenvalue weighted by atomic mass is 10.2.